The molecule has 1 aromatic carbocycles. The molecule has 0 fully saturated rings. The summed E-state index contributed by atoms with van der Waals surface area (Å²) in [6.45, 7) is 6.61. The van der Waals surface area contributed by atoms with Crippen molar-refractivity contribution >= 4 is 11.7 Å². The van der Waals surface area contributed by atoms with Gasteiger partial charge in [0.1, 0.15) is 17.9 Å². The lowest BCUT2D eigenvalue weighted by Gasteiger charge is -2.15. The standard InChI is InChI=1S/C20H24N6O2/c1-14-11-15(2)26(25-14)19-12-18(23-13-24-19)21-9-10-22-20(27)16(3)28-17-7-5-4-6-8-17/h4-8,11-13,16H,9-10H2,1-3H3,(H,22,27)(H,21,23,24)/t16-/m0/s1. The molecule has 1 amide bonds. The van der Waals surface area contributed by atoms with Crippen LogP contribution in [0.3, 0.4) is 0 Å². The van der Waals surface area contributed by atoms with Crippen LogP contribution in [0.1, 0.15) is 18.3 Å². The second-order valence-electron chi connectivity index (χ2n) is 6.39. The molecule has 28 heavy (non-hydrogen) atoms. The van der Waals surface area contributed by atoms with Crippen LogP contribution in [-0.4, -0.2) is 44.8 Å². The number of aryl methyl sites for hydroxylation is 2. The summed E-state index contributed by atoms with van der Waals surface area (Å²) in [6, 6.07) is 13.1. The zero-order valence-corrected chi connectivity index (χ0v) is 16.2. The Labute approximate surface area is 164 Å². The third kappa shape index (κ3) is 5.06. The Bertz CT molecular complexity index is 925. The average Bonchev–Trinajstić information content (AvgIpc) is 3.04. The van der Waals surface area contributed by atoms with Gasteiger partial charge >= 0.3 is 0 Å². The second kappa shape index (κ2) is 8.98. The van der Waals surface area contributed by atoms with Crippen molar-refractivity contribution in [2.24, 2.45) is 0 Å². The van der Waals surface area contributed by atoms with Gasteiger partial charge in [0.05, 0.1) is 5.69 Å². The van der Waals surface area contributed by atoms with Gasteiger partial charge in [0, 0.05) is 24.8 Å². The highest BCUT2D eigenvalue weighted by Crippen LogP contribution is 2.12. The second-order valence-corrected chi connectivity index (χ2v) is 6.39. The number of benzene rings is 1. The number of para-hydroxylation sites is 1. The monoisotopic (exact) mass is 380 g/mol. The van der Waals surface area contributed by atoms with E-state index in [4.69, 9.17) is 4.74 Å². The Morgan fingerprint density at radius 3 is 2.64 bits per heavy atom. The van der Waals surface area contributed by atoms with Gasteiger partial charge in [0.15, 0.2) is 11.9 Å². The number of carbonyl (C=O) groups excluding carboxylic acids is 1. The van der Waals surface area contributed by atoms with Crippen LogP contribution in [0.25, 0.3) is 5.82 Å². The molecule has 0 bridgehead atoms. The van der Waals surface area contributed by atoms with E-state index in [9.17, 15) is 4.79 Å². The molecule has 1 atom stereocenters. The van der Waals surface area contributed by atoms with Crippen molar-refractivity contribution in [3.8, 4) is 11.6 Å². The fourth-order valence-corrected chi connectivity index (χ4v) is 2.70. The number of carbonyl (C=O) groups is 1. The van der Waals surface area contributed by atoms with Crippen molar-refractivity contribution in [1.82, 2.24) is 25.1 Å². The molecule has 2 aromatic heterocycles. The molecular formula is C20H24N6O2. The number of rotatable bonds is 8. The van der Waals surface area contributed by atoms with Gasteiger partial charge in [0.25, 0.3) is 5.91 Å². The summed E-state index contributed by atoms with van der Waals surface area (Å²) >= 11 is 0. The SMILES string of the molecule is Cc1cc(C)n(-c2cc(NCCNC(=O)[C@H](C)Oc3ccccc3)ncn2)n1. The Kier molecular flexibility index (Phi) is 6.21. The first-order valence-electron chi connectivity index (χ1n) is 9.12. The molecule has 0 saturated heterocycles. The number of hydrogen-bond donors (Lipinski definition) is 2. The van der Waals surface area contributed by atoms with E-state index in [1.807, 2.05) is 56.3 Å². The molecule has 0 aliphatic carbocycles. The zero-order valence-electron chi connectivity index (χ0n) is 16.2. The molecule has 146 valence electrons. The molecule has 0 spiro atoms. The molecule has 0 aliphatic rings. The maximum atomic E-state index is 12.1. The van der Waals surface area contributed by atoms with E-state index in [-0.39, 0.29) is 5.91 Å². The highest BCUT2D eigenvalue weighted by Gasteiger charge is 2.13. The minimum atomic E-state index is -0.570. The lowest BCUT2D eigenvalue weighted by atomic mass is 10.3. The molecule has 0 saturated carbocycles. The Morgan fingerprint density at radius 1 is 1.14 bits per heavy atom. The Balaban J connectivity index is 1.47. The molecule has 2 heterocycles. The van der Waals surface area contributed by atoms with Crippen LogP contribution >= 0.6 is 0 Å². The van der Waals surface area contributed by atoms with Gasteiger partial charge in [-0.15, -0.1) is 0 Å². The van der Waals surface area contributed by atoms with Gasteiger partial charge in [-0.3, -0.25) is 4.79 Å². The van der Waals surface area contributed by atoms with Crippen LogP contribution in [0.2, 0.25) is 0 Å². The van der Waals surface area contributed by atoms with E-state index >= 15 is 0 Å². The average molecular weight is 380 g/mol. The van der Waals surface area contributed by atoms with E-state index in [2.05, 4.69) is 25.7 Å². The molecule has 3 aromatic rings. The maximum Gasteiger partial charge on any atom is 0.260 e. The van der Waals surface area contributed by atoms with Gasteiger partial charge in [-0.2, -0.15) is 5.10 Å². The maximum absolute atomic E-state index is 12.1. The van der Waals surface area contributed by atoms with E-state index in [0.717, 1.165) is 11.4 Å². The van der Waals surface area contributed by atoms with E-state index in [1.165, 1.54) is 6.33 Å². The van der Waals surface area contributed by atoms with Crippen molar-refractivity contribution in [1.29, 1.82) is 0 Å². The fraction of sp³-hybridized carbons (Fsp3) is 0.300. The lowest BCUT2D eigenvalue weighted by molar-refractivity contribution is -0.127. The first-order chi connectivity index (χ1) is 13.5. The van der Waals surface area contributed by atoms with Crippen molar-refractivity contribution in [2.75, 3.05) is 18.4 Å². The largest absolute Gasteiger partial charge is 0.481 e. The highest BCUT2D eigenvalue weighted by molar-refractivity contribution is 5.80. The van der Waals surface area contributed by atoms with E-state index in [0.29, 0.717) is 30.5 Å². The van der Waals surface area contributed by atoms with E-state index < -0.39 is 6.10 Å². The van der Waals surface area contributed by atoms with Gasteiger partial charge in [-0.25, -0.2) is 14.6 Å². The molecule has 0 radical (unpaired) electrons. The smallest absolute Gasteiger partial charge is 0.260 e. The van der Waals surface area contributed by atoms with Crippen LogP contribution in [0.5, 0.6) is 5.75 Å². The normalized spacial score (nSPS) is 11.7. The molecule has 8 nitrogen and oxygen atoms in total. The van der Waals surface area contributed by atoms with Gasteiger partial charge in [-0.1, -0.05) is 18.2 Å². The molecule has 8 heteroatoms. The number of nitrogens with one attached hydrogen (secondary N) is 2. The predicted molar refractivity (Wildman–Crippen MR) is 107 cm³/mol. The number of amides is 1. The van der Waals surface area contributed by atoms with Gasteiger partial charge in [0.2, 0.25) is 0 Å². The first-order valence-corrected chi connectivity index (χ1v) is 9.12. The van der Waals surface area contributed by atoms with Crippen molar-refractivity contribution in [2.45, 2.75) is 26.9 Å². The summed E-state index contributed by atoms with van der Waals surface area (Å²) in [5.74, 6) is 1.86. The number of ether oxygens (including phenoxy) is 1. The molecule has 0 aliphatic heterocycles. The van der Waals surface area contributed by atoms with Gasteiger partial charge in [-0.05, 0) is 39.0 Å². The van der Waals surface area contributed by atoms with Crippen molar-refractivity contribution < 1.29 is 9.53 Å². The predicted octanol–water partition coefficient (Wildman–Crippen LogP) is 2.27. The highest BCUT2D eigenvalue weighted by atomic mass is 16.5. The molecule has 2 N–H and O–H groups in total. The third-order valence-electron chi connectivity index (χ3n) is 4.03. The summed E-state index contributed by atoms with van der Waals surface area (Å²) in [5, 5.41) is 10.4. The minimum Gasteiger partial charge on any atom is -0.481 e. The number of hydrogen-bond acceptors (Lipinski definition) is 6. The Morgan fingerprint density at radius 2 is 1.93 bits per heavy atom. The topological polar surface area (TPSA) is 94.0 Å². The number of aromatic nitrogens is 4. The van der Waals surface area contributed by atoms with Crippen LogP contribution in [-0.2, 0) is 4.79 Å². The van der Waals surface area contributed by atoms with Gasteiger partial charge < -0.3 is 15.4 Å². The molecular weight excluding hydrogens is 356 g/mol. The zero-order chi connectivity index (χ0) is 19.9. The lowest BCUT2D eigenvalue weighted by Crippen LogP contribution is -2.38. The van der Waals surface area contributed by atoms with Crippen LogP contribution < -0.4 is 15.4 Å². The summed E-state index contributed by atoms with van der Waals surface area (Å²) in [6.07, 6.45) is 0.918. The first kappa shape index (κ1) is 19.3. The summed E-state index contributed by atoms with van der Waals surface area (Å²) in [7, 11) is 0. The van der Waals surface area contributed by atoms with Crippen LogP contribution in [0.15, 0.2) is 48.8 Å². The minimum absolute atomic E-state index is 0.170. The van der Waals surface area contributed by atoms with Crippen LogP contribution in [0, 0.1) is 13.8 Å². The van der Waals surface area contributed by atoms with Crippen molar-refractivity contribution in [3.63, 3.8) is 0 Å². The summed E-state index contributed by atoms with van der Waals surface area (Å²) < 4.78 is 7.38. The number of nitrogens with zero attached hydrogens (tertiary/aromatic N) is 4. The molecule has 0 unspecified atom stereocenters. The fourth-order valence-electron chi connectivity index (χ4n) is 2.70. The van der Waals surface area contributed by atoms with Crippen LogP contribution in [0.4, 0.5) is 5.82 Å². The van der Waals surface area contributed by atoms with E-state index in [1.54, 1.807) is 11.6 Å². The summed E-state index contributed by atoms with van der Waals surface area (Å²) in [4.78, 5) is 20.6. The summed E-state index contributed by atoms with van der Waals surface area (Å²) in [5.41, 5.74) is 1.93. The molecule has 3 rings (SSSR count). The quantitative estimate of drug-likeness (QED) is 0.582. The Hall–Kier alpha value is -3.42. The van der Waals surface area contributed by atoms with Crippen molar-refractivity contribution in [3.05, 3.63) is 60.2 Å². The third-order valence-corrected chi connectivity index (χ3v) is 4.03. The number of anilines is 1.